The van der Waals surface area contributed by atoms with Gasteiger partial charge in [0.25, 0.3) is 0 Å². The zero-order chi connectivity index (χ0) is 19.2. The van der Waals surface area contributed by atoms with Gasteiger partial charge in [0, 0.05) is 5.56 Å². The van der Waals surface area contributed by atoms with Gasteiger partial charge in [-0.25, -0.2) is 4.57 Å². The highest BCUT2D eigenvalue weighted by molar-refractivity contribution is 7.45. The lowest BCUT2D eigenvalue weighted by Crippen LogP contribution is -2.01. The van der Waals surface area contributed by atoms with Gasteiger partial charge in [0.1, 0.15) is 11.5 Å². The molecule has 0 saturated heterocycles. The molecule has 0 aromatic heterocycles. The van der Waals surface area contributed by atoms with Gasteiger partial charge >= 0.3 is 7.82 Å². The predicted molar refractivity (Wildman–Crippen MR) is 100 cm³/mol. The van der Waals surface area contributed by atoms with Crippen molar-refractivity contribution in [1.29, 1.82) is 0 Å². The Balaban J connectivity index is 0.000000550. The molecule has 2 rings (SSSR count). The van der Waals surface area contributed by atoms with Gasteiger partial charge in [0.05, 0.1) is 0 Å². The monoisotopic (exact) mass is 366 g/mol. The van der Waals surface area contributed by atoms with E-state index in [2.05, 4.69) is 65.0 Å². The Labute approximate surface area is 149 Å². The lowest BCUT2D eigenvalue weighted by molar-refractivity contribution is 0.275. The summed E-state index contributed by atoms with van der Waals surface area (Å²) in [5, 5.41) is 0. The number of hydrogen-bond donors (Lipinski definition) is 3. The highest BCUT2D eigenvalue weighted by Gasteiger charge is 2.15. The fourth-order valence-corrected chi connectivity index (χ4v) is 2.58. The Hall–Kier alpha value is -1.65. The first-order chi connectivity index (χ1) is 11.5. The summed E-state index contributed by atoms with van der Waals surface area (Å²) < 4.78 is 15.0. The molecule has 3 N–H and O–H groups in total. The average molecular weight is 366 g/mol. The summed E-state index contributed by atoms with van der Waals surface area (Å²) in [5.74, 6) is 2.85. The van der Waals surface area contributed by atoms with Gasteiger partial charge in [-0.2, -0.15) is 0 Å². The van der Waals surface area contributed by atoms with Crippen molar-refractivity contribution in [3.63, 3.8) is 0 Å². The van der Waals surface area contributed by atoms with Crippen LogP contribution in [0, 0.1) is 6.92 Å². The third-order valence-electron chi connectivity index (χ3n) is 3.52. The molecular weight excluding hydrogens is 339 g/mol. The molecule has 0 aliphatic carbocycles. The Kier molecular flexibility index (Phi) is 7.84. The molecule has 0 radical (unpaired) electrons. The van der Waals surface area contributed by atoms with Gasteiger partial charge in [-0.15, -0.1) is 0 Å². The summed E-state index contributed by atoms with van der Waals surface area (Å²) in [6.07, 6.45) is 0. The SMILES string of the molecule is Cc1cccc(Oc2cccc(C(C)C)c2C(C)C)c1.O=P(O)(O)O. The fraction of sp³-hybridized carbons (Fsp3) is 0.368. The van der Waals surface area contributed by atoms with E-state index in [1.807, 2.05) is 12.1 Å². The Morgan fingerprint density at radius 1 is 0.920 bits per heavy atom. The van der Waals surface area contributed by atoms with Crippen LogP contribution in [0.5, 0.6) is 11.5 Å². The largest absolute Gasteiger partial charge is 0.466 e. The number of rotatable bonds is 4. The van der Waals surface area contributed by atoms with Crippen LogP contribution < -0.4 is 4.74 Å². The molecule has 2 aromatic rings. The van der Waals surface area contributed by atoms with Gasteiger partial charge in [-0.1, -0.05) is 52.0 Å². The Bertz CT molecular complexity index is 726. The maximum absolute atomic E-state index is 8.88. The molecule has 0 atom stereocenters. The zero-order valence-electron chi connectivity index (χ0n) is 15.3. The third kappa shape index (κ3) is 7.84. The molecule has 0 amide bonds. The topological polar surface area (TPSA) is 87.0 Å². The summed E-state index contributed by atoms with van der Waals surface area (Å²) in [7, 11) is -4.64. The highest BCUT2D eigenvalue weighted by Crippen LogP contribution is 2.36. The smallest absolute Gasteiger partial charge is 0.457 e. The minimum Gasteiger partial charge on any atom is -0.457 e. The van der Waals surface area contributed by atoms with E-state index in [0.29, 0.717) is 11.8 Å². The van der Waals surface area contributed by atoms with Crippen molar-refractivity contribution in [3.05, 3.63) is 59.2 Å². The highest BCUT2D eigenvalue weighted by atomic mass is 31.2. The van der Waals surface area contributed by atoms with Crippen LogP contribution in [0.2, 0.25) is 0 Å². The molecule has 6 heteroatoms. The van der Waals surface area contributed by atoms with Crippen LogP contribution >= 0.6 is 7.82 Å². The van der Waals surface area contributed by atoms with Crippen LogP contribution in [-0.4, -0.2) is 14.7 Å². The summed E-state index contributed by atoms with van der Waals surface area (Å²) in [6.45, 7) is 11.0. The van der Waals surface area contributed by atoms with Crippen LogP contribution in [-0.2, 0) is 4.57 Å². The molecule has 2 aromatic carbocycles. The van der Waals surface area contributed by atoms with Crippen molar-refractivity contribution in [2.45, 2.75) is 46.5 Å². The van der Waals surface area contributed by atoms with Gasteiger partial charge in [0.15, 0.2) is 0 Å². The van der Waals surface area contributed by atoms with Crippen molar-refractivity contribution < 1.29 is 24.0 Å². The van der Waals surface area contributed by atoms with Crippen LogP contribution in [0.3, 0.4) is 0 Å². The molecule has 0 aliphatic rings. The van der Waals surface area contributed by atoms with E-state index in [-0.39, 0.29) is 0 Å². The lowest BCUT2D eigenvalue weighted by atomic mass is 9.90. The van der Waals surface area contributed by atoms with E-state index in [4.69, 9.17) is 24.0 Å². The lowest BCUT2D eigenvalue weighted by Gasteiger charge is -2.20. The van der Waals surface area contributed by atoms with Crippen molar-refractivity contribution in [2.75, 3.05) is 0 Å². The van der Waals surface area contributed by atoms with Crippen molar-refractivity contribution in [1.82, 2.24) is 0 Å². The van der Waals surface area contributed by atoms with E-state index in [1.165, 1.54) is 16.7 Å². The van der Waals surface area contributed by atoms with E-state index in [1.54, 1.807) is 0 Å². The molecule has 25 heavy (non-hydrogen) atoms. The maximum atomic E-state index is 8.88. The van der Waals surface area contributed by atoms with E-state index in [9.17, 15) is 0 Å². The van der Waals surface area contributed by atoms with Crippen molar-refractivity contribution >= 4 is 7.82 Å². The Morgan fingerprint density at radius 3 is 1.96 bits per heavy atom. The minimum atomic E-state index is -4.64. The summed E-state index contributed by atoms with van der Waals surface area (Å²) in [4.78, 5) is 21.6. The van der Waals surface area contributed by atoms with Crippen molar-refractivity contribution in [2.24, 2.45) is 0 Å². The van der Waals surface area contributed by atoms with Crippen LogP contribution in [0.4, 0.5) is 0 Å². The maximum Gasteiger partial charge on any atom is 0.466 e. The van der Waals surface area contributed by atoms with E-state index >= 15 is 0 Å². The number of hydrogen-bond acceptors (Lipinski definition) is 2. The molecule has 0 bridgehead atoms. The first kappa shape index (κ1) is 21.4. The second-order valence-corrected chi connectivity index (χ2v) is 7.53. The molecule has 0 fully saturated rings. The molecule has 0 spiro atoms. The molecule has 0 saturated carbocycles. The summed E-state index contributed by atoms with van der Waals surface area (Å²) in [5.41, 5.74) is 3.92. The predicted octanol–water partition coefficient (Wildman–Crippen LogP) is 5.11. The molecule has 138 valence electrons. The van der Waals surface area contributed by atoms with Crippen LogP contribution in [0.1, 0.15) is 56.2 Å². The van der Waals surface area contributed by atoms with Gasteiger partial charge < -0.3 is 19.4 Å². The average Bonchev–Trinajstić information content (AvgIpc) is 2.45. The van der Waals surface area contributed by atoms with Gasteiger partial charge in [0.2, 0.25) is 0 Å². The Morgan fingerprint density at radius 2 is 1.48 bits per heavy atom. The molecule has 0 unspecified atom stereocenters. The second kappa shape index (κ2) is 9.16. The molecular formula is C19H27O5P. The van der Waals surface area contributed by atoms with Crippen LogP contribution in [0.25, 0.3) is 0 Å². The van der Waals surface area contributed by atoms with Crippen LogP contribution in [0.15, 0.2) is 42.5 Å². The van der Waals surface area contributed by atoms with E-state index < -0.39 is 7.82 Å². The normalized spacial score (nSPS) is 11.3. The fourth-order valence-electron chi connectivity index (χ4n) is 2.58. The number of ether oxygens (including phenoxy) is 1. The molecule has 0 aliphatic heterocycles. The quantitative estimate of drug-likeness (QED) is 0.655. The van der Waals surface area contributed by atoms with E-state index in [0.717, 1.165) is 11.5 Å². The molecule has 0 heterocycles. The third-order valence-corrected chi connectivity index (χ3v) is 3.52. The summed E-state index contributed by atoms with van der Waals surface area (Å²) in [6, 6.07) is 14.6. The minimum absolute atomic E-state index is 0.452. The van der Waals surface area contributed by atoms with Crippen molar-refractivity contribution in [3.8, 4) is 11.5 Å². The van der Waals surface area contributed by atoms with Gasteiger partial charge in [-0.05, 0) is 48.1 Å². The first-order valence-electron chi connectivity index (χ1n) is 8.14. The number of aryl methyl sites for hydroxylation is 1. The first-order valence-corrected chi connectivity index (χ1v) is 9.71. The number of phosphoric acid groups is 1. The molecule has 5 nitrogen and oxygen atoms in total. The van der Waals surface area contributed by atoms with Gasteiger partial charge in [-0.3, -0.25) is 0 Å². The number of benzene rings is 2. The standard InChI is InChI=1S/C19H24O.H3O4P/c1-13(2)17-10-7-11-18(19(17)14(3)4)20-16-9-6-8-15(5)12-16;1-5(2,3)4/h6-14H,1-5H3;(H3,1,2,3,4). The summed E-state index contributed by atoms with van der Waals surface area (Å²) >= 11 is 0. The zero-order valence-corrected chi connectivity index (χ0v) is 16.2. The second-order valence-electron chi connectivity index (χ2n) is 6.50.